The van der Waals surface area contributed by atoms with Gasteiger partial charge in [0, 0.05) is 0 Å². The molecule has 0 radical (unpaired) electrons. The number of nitriles is 1. The van der Waals surface area contributed by atoms with Crippen molar-refractivity contribution in [2.75, 3.05) is 0 Å². The summed E-state index contributed by atoms with van der Waals surface area (Å²) in [6.45, 7) is 2.22. The zero-order valence-electron chi connectivity index (χ0n) is 9.87. The molecule has 0 aromatic rings. The van der Waals surface area contributed by atoms with Gasteiger partial charge in [-0.2, -0.15) is 5.26 Å². The molecule has 0 amide bonds. The molecule has 1 rings (SSSR count). The highest BCUT2D eigenvalue weighted by Crippen LogP contribution is 2.21. The molecule has 1 aliphatic heterocycles. The highest BCUT2D eigenvalue weighted by Gasteiger charge is 2.18. The van der Waals surface area contributed by atoms with E-state index in [1.807, 2.05) is 0 Å². The third-order valence-corrected chi connectivity index (χ3v) is 3.12. The van der Waals surface area contributed by atoms with E-state index in [-0.39, 0.29) is 6.10 Å². The average molecular weight is 209 g/mol. The molecule has 0 bridgehead atoms. The quantitative estimate of drug-likeness (QED) is 0.660. The monoisotopic (exact) mass is 209 g/mol. The lowest BCUT2D eigenvalue weighted by atomic mass is 10.0. The molecule has 0 spiro atoms. The van der Waals surface area contributed by atoms with Crippen LogP contribution in [0.25, 0.3) is 0 Å². The molecule has 0 unspecified atom stereocenters. The molecule has 1 aliphatic rings. The van der Waals surface area contributed by atoms with Gasteiger partial charge in [-0.05, 0) is 25.7 Å². The number of rotatable bonds is 4. The van der Waals surface area contributed by atoms with Gasteiger partial charge in [0.05, 0.1) is 12.2 Å². The molecule has 1 saturated heterocycles. The van der Waals surface area contributed by atoms with Gasteiger partial charge in [0.25, 0.3) is 0 Å². The highest BCUT2D eigenvalue weighted by molar-refractivity contribution is 4.86. The maximum Gasteiger partial charge on any atom is 0.144 e. The van der Waals surface area contributed by atoms with Gasteiger partial charge < -0.3 is 4.74 Å². The molecule has 0 aromatic heterocycles. The van der Waals surface area contributed by atoms with E-state index in [0.29, 0.717) is 6.10 Å². The molecule has 2 heteroatoms. The first-order valence-corrected chi connectivity index (χ1v) is 6.42. The summed E-state index contributed by atoms with van der Waals surface area (Å²) in [5.41, 5.74) is 0. The summed E-state index contributed by atoms with van der Waals surface area (Å²) in [5.74, 6) is 0. The van der Waals surface area contributed by atoms with E-state index in [9.17, 15) is 0 Å². The van der Waals surface area contributed by atoms with E-state index in [1.54, 1.807) is 0 Å². The molecule has 2 atom stereocenters. The van der Waals surface area contributed by atoms with Crippen molar-refractivity contribution in [1.29, 1.82) is 5.26 Å². The first-order chi connectivity index (χ1) is 7.36. The van der Waals surface area contributed by atoms with Gasteiger partial charge in [-0.25, -0.2) is 0 Å². The largest absolute Gasteiger partial charge is 0.360 e. The van der Waals surface area contributed by atoms with Gasteiger partial charge in [-0.1, -0.05) is 39.0 Å². The Hall–Kier alpha value is -0.550. The predicted molar refractivity (Wildman–Crippen MR) is 61.5 cm³/mol. The fraction of sp³-hybridized carbons (Fsp3) is 0.923. The van der Waals surface area contributed by atoms with Crippen LogP contribution in [0.3, 0.4) is 0 Å². The molecule has 2 nitrogen and oxygen atoms in total. The number of unbranched alkanes of at least 4 members (excludes halogenated alkanes) is 2. The van der Waals surface area contributed by atoms with Crippen molar-refractivity contribution >= 4 is 0 Å². The number of nitrogens with zero attached hydrogens (tertiary/aromatic N) is 1. The normalized spacial score (nSPS) is 27.7. The van der Waals surface area contributed by atoms with Gasteiger partial charge >= 0.3 is 0 Å². The second kappa shape index (κ2) is 7.70. The molecule has 15 heavy (non-hydrogen) atoms. The molecule has 86 valence electrons. The number of hydrogen-bond acceptors (Lipinski definition) is 2. The fourth-order valence-corrected chi connectivity index (χ4v) is 2.18. The Morgan fingerprint density at radius 1 is 1.20 bits per heavy atom. The average Bonchev–Trinajstić information content (AvgIpc) is 2.21. The Morgan fingerprint density at radius 2 is 2.00 bits per heavy atom. The van der Waals surface area contributed by atoms with E-state index < -0.39 is 0 Å². The van der Waals surface area contributed by atoms with Crippen molar-refractivity contribution < 1.29 is 4.74 Å². The van der Waals surface area contributed by atoms with E-state index in [4.69, 9.17) is 10.00 Å². The molecule has 1 heterocycles. The molecular weight excluding hydrogens is 186 g/mol. The van der Waals surface area contributed by atoms with Crippen LogP contribution >= 0.6 is 0 Å². The van der Waals surface area contributed by atoms with Crippen molar-refractivity contribution in [1.82, 2.24) is 0 Å². The molecule has 0 N–H and O–H groups in total. The van der Waals surface area contributed by atoms with Crippen LogP contribution in [0.15, 0.2) is 0 Å². The maximum absolute atomic E-state index is 8.92. The zero-order valence-corrected chi connectivity index (χ0v) is 9.87. The Labute approximate surface area is 93.6 Å². The van der Waals surface area contributed by atoms with Crippen LogP contribution in [0.5, 0.6) is 0 Å². The van der Waals surface area contributed by atoms with Crippen molar-refractivity contribution in [3.05, 3.63) is 0 Å². The second-order valence-corrected chi connectivity index (χ2v) is 4.51. The van der Waals surface area contributed by atoms with Gasteiger partial charge in [-0.15, -0.1) is 0 Å². The van der Waals surface area contributed by atoms with Gasteiger partial charge in [0.15, 0.2) is 0 Å². The Bertz CT molecular complexity index is 197. The van der Waals surface area contributed by atoms with E-state index in [2.05, 4.69) is 13.0 Å². The molecule has 0 aliphatic carbocycles. The van der Waals surface area contributed by atoms with Crippen LogP contribution in [-0.4, -0.2) is 12.2 Å². The Morgan fingerprint density at radius 3 is 2.73 bits per heavy atom. The smallest absolute Gasteiger partial charge is 0.144 e. The molecular formula is C13H23NO. The van der Waals surface area contributed by atoms with Crippen LogP contribution in [0.4, 0.5) is 0 Å². The highest BCUT2D eigenvalue weighted by atomic mass is 16.5. The molecule has 0 aromatic carbocycles. The van der Waals surface area contributed by atoms with E-state index in [1.165, 1.54) is 32.1 Å². The Balaban J connectivity index is 2.29. The summed E-state index contributed by atoms with van der Waals surface area (Å²) in [5, 5.41) is 8.92. The summed E-state index contributed by atoms with van der Waals surface area (Å²) in [7, 11) is 0. The number of hydrogen-bond donors (Lipinski definition) is 0. The van der Waals surface area contributed by atoms with Crippen LogP contribution < -0.4 is 0 Å². The van der Waals surface area contributed by atoms with Gasteiger partial charge in [0.1, 0.15) is 6.10 Å². The van der Waals surface area contributed by atoms with Crippen LogP contribution in [-0.2, 0) is 4.74 Å². The Kier molecular flexibility index (Phi) is 6.43. The summed E-state index contributed by atoms with van der Waals surface area (Å²) in [6.07, 6.45) is 10.9. The lowest BCUT2D eigenvalue weighted by molar-refractivity contribution is -0.00677. The predicted octanol–water partition coefficient (Wildman–Crippen LogP) is 3.81. The molecule has 0 saturated carbocycles. The topological polar surface area (TPSA) is 33.0 Å². The fourth-order valence-electron chi connectivity index (χ4n) is 2.18. The lowest BCUT2D eigenvalue weighted by Crippen LogP contribution is -2.23. The van der Waals surface area contributed by atoms with Gasteiger partial charge in [-0.3, -0.25) is 0 Å². The van der Waals surface area contributed by atoms with Crippen molar-refractivity contribution in [3.8, 4) is 6.07 Å². The van der Waals surface area contributed by atoms with Crippen LogP contribution in [0, 0.1) is 11.3 Å². The third-order valence-electron chi connectivity index (χ3n) is 3.12. The van der Waals surface area contributed by atoms with E-state index >= 15 is 0 Å². The standard InChI is InChI=1S/C13H23NO/c1-2-3-5-8-12-9-6-4-7-10-13(11-14)15-12/h12-13H,2-10H2,1H3/t12-,13+/m0/s1. The van der Waals surface area contributed by atoms with Gasteiger partial charge in [0.2, 0.25) is 0 Å². The maximum atomic E-state index is 8.92. The van der Waals surface area contributed by atoms with Crippen molar-refractivity contribution in [2.45, 2.75) is 76.9 Å². The first-order valence-electron chi connectivity index (χ1n) is 6.42. The minimum absolute atomic E-state index is 0.142. The lowest BCUT2D eigenvalue weighted by Gasteiger charge is -2.23. The summed E-state index contributed by atoms with van der Waals surface area (Å²) < 4.78 is 5.83. The van der Waals surface area contributed by atoms with E-state index in [0.717, 1.165) is 25.7 Å². The minimum atomic E-state index is -0.142. The zero-order chi connectivity index (χ0) is 10.9. The SMILES string of the molecule is CCCCC[C@H]1CCCCC[C@H](C#N)O1. The van der Waals surface area contributed by atoms with Crippen LogP contribution in [0.2, 0.25) is 0 Å². The van der Waals surface area contributed by atoms with Crippen molar-refractivity contribution in [2.24, 2.45) is 0 Å². The summed E-state index contributed by atoms with van der Waals surface area (Å²) in [4.78, 5) is 0. The molecule has 1 fully saturated rings. The minimum Gasteiger partial charge on any atom is -0.360 e. The first kappa shape index (κ1) is 12.5. The van der Waals surface area contributed by atoms with Crippen LogP contribution in [0.1, 0.15) is 64.7 Å². The summed E-state index contributed by atoms with van der Waals surface area (Å²) in [6, 6.07) is 2.27. The number of ether oxygens (including phenoxy) is 1. The third kappa shape index (κ3) is 5.18. The van der Waals surface area contributed by atoms with Crippen molar-refractivity contribution in [3.63, 3.8) is 0 Å². The second-order valence-electron chi connectivity index (χ2n) is 4.51. The summed E-state index contributed by atoms with van der Waals surface area (Å²) >= 11 is 0.